The lowest BCUT2D eigenvalue weighted by molar-refractivity contribution is -0.281. The number of benzene rings is 1. The van der Waals surface area contributed by atoms with E-state index < -0.39 is 5.79 Å². The fourth-order valence-electron chi connectivity index (χ4n) is 3.50. The third-order valence-corrected chi connectivity index (χ3v) is 4.92. The molecular weight excluding hydrogens is 318 g/mol. The van der Waals surface area contributed by atoms with Crippen LogP contribution in [0.3, 0.4) is 0 Å². The first-order valence-electron chi connectivity index (χ1n) is 8.94. The number of hydrogen-bond donors (Lipinski definition) is 0. The Hall–Kier alpha value is -2.11. The van der Waals surface area contributed by atoms with Crippen LogP contribution < -0.4 is 0 Å². The molecule has 5 heteroatoms. The van der Waals surface area contributed by atoms with Gasteiger partial charge in [0.2, 0.25) is 0 Å². The summed E-state index contributed by atoms with van der Waals surface area (Å²) in [6.45, 7) is 2.76. The van der Waals surface area contributed by atoms with Gasteiger partial charge >= 0.3 is 0 Å². The Labute approximate surface area is 147 Å². The van der Waals surface area contributed by atoms with Gasteiger partial charge in [-0.3, -0.25) is 4.79 Å². The van der Waals surface area contributed by atoms with Crippen molar-refractivity contribution in [3.05, 3.63) is 59.5 Å². The highest BCUT2D eigenvalue weighted by molar-refractivity contribution is 5.91. The van der Waals surface area contributed by atoms with E-state index in [1.165, 1.54) is 5.56 Å². The molecule has 0 radical (unpaired) electrons. The molecule has 3 heterocycles. The number of carbonyl (C=O) groups excluding carboxylic acids is 1. The zero-order valence-corrected chi connectivity index (χ0v) is 14.3. The van der Waals surface area contributed by atoms with Crippen molar-refractivity contribution < 1.29 is 18.7 Å². The summed E-state index contributed by atoms with van der Waals surface area (Å²) < 4.78 is 17.4. The van der Waals surface area contributed by atoms with Crippen molar-refractivity contribution in [2.45, 2.75) is 31.5 Å². The number of piperidine rings is 1. The monoisotopic (exact) mass is 341 g/mol. The predicted octanol–water partition coefficient (Wildman–Crippen LogP) is 3.24. The van der Waals surface area contributed by atoms with Crippen LogP contribution in [0.4, 0.5) is 0 Å². The van der Waals surface area contributed by atoms with Crippen molar-refractivity contribution in [1.29, 1.82) is 0 Å². The van der Waals surface area contributed by atoms with Crippen LogP contribution in [0.5, 0.6) is 0 Å². The lowest BCUT2D eigenvalue weighted by atomic mass is 10.0. The van der Waals surface area contributed by atoms with Crippen molar-refractivity contribution in [2.24, 2.45) is 0 Å². The lowest BCUT2D eigenvalue weighted by Crippen LogP contribution is -2.51. The Morgan fingerprint density at radius 3 is 2.44 bits per heavy atom. The second kappa shape index (κ2) is 7.02. The van der Waals surface area contributed by atoms with Gasteiger partial charge in [-0.05, 0) is 24.1 Å². The maximum absolute atomic E-state index is 12.7. The molecule has 0 aliphatic carbocycles. The minimum atomic E-state index is -0.476. The summed E-state index contributed by atoms with van der Waals surface area (Å²) >= 11 is 0. The van der Waals surface area contributed by atoms with Crippen molar-refractivity contribution in [1.82, 2.24) is 4.90 Å². The van der Waals surface area contributed by atoms with E-state index >= 15 is 0 Å². The molecule has 5 nitrogen and oxygen atoms in total. The number of amides is 1. The van der Waals surface area contributed by atoms with E-state index in [4.69, 9.17) is 13.9 Å². The second-order valence-corrected chi connectivity index (χ2v) is 6.68. The van der Waals surface area contributed by atoms with Crippen molar-refractivity contribution >= 4 is 5.91 Å². The SMILES string of the molecule is O=C(c1ccc(Cc2ccccc2)o1)N1CCC2(CC1)OCCCO2. The standard InChI is InChI=1S/C20H23NO4/c22-19(21-11-9-20(10-12-21)23-13-4-14-24-20)18-8-7-17(25-18)15-16-5-2-1-3-6-16/h1-3,5-8H,4,9-15H2. The van der Waals surface area contributed by atoms with E-state index in [-0.39, 0.29) is 5.91 Å². The molecule has 1 spiro atoms. The molecule has 0 unspecified atom stereocenters. The van der Waals surface area contributed by atoms with Gasteiger partial charge in [-0.15, -0.1) is 0 Å². The average Bonchev–Trinajstić information content (AvgIpc) is 3.12. The summed E-state index contributed by atoms with van der Waals surface area (Å²) in [7, 11) is 0. The van der Waals surface area contributed by atoms with Crippen LogP contribution in [0, 0.1) is 0 Å². The maximum Gasteiger partial charge on any atom is 0.289 e. The van der Waals surface area contributed by atoms with Crippen molar-refractivity contribution in [2.75, 3.05) is 26.3 Å². The topological polar surface area (TPSA) is 51.9 Å². The number of rotatable bonds is 3. The summed E-state index contributed by atoms with van der Waals surface area (Å²) in [5.41, 5.74) is 1.17. The average molecular weight is 341 g/mol. The molecule has 0 N–H and O–H groups in total. The minimum absolute atomic E-state index is 0.0510. The van der Waals surface area contributed by atoms with Crippen LogP contribution in [-0.4, -0.2) is 42.9 Å². The van der Waals surface area contributed by atoms with Crippen LogP contribution in [0.25, 0.3) is 0 Å². The molecule has 1 aromatic heterocycles. The molecule has 132 valence electrons. The molecule has 0 atom stereocenters. The highest BCUT2D eigenvalue weighted by Crippen LogP contribution is 2.31. The first-order chi connectivity index (χ1) is 12.2. The van der Waals surface area contributed by atoms with Gasteiger partial charge in [-0.2, -0.15) is 0 Å². The van der Waals surface area contributed by atoms with Gasteiger partial charge in [0, 0.05) is 32.4 Å². The Morgan fingerprint density at radius 1 is 1.00 bits per heavy atom. The van der Waals surface area contributed by atoms with Gasteiger partial charge < -0.3 is 18.8 Å². The summed E-state index contributed by atoms with van der Waals surface area (Å²) in [6, 6.07) is 13.8. The van der Waals surface area contributed by atoms with Gasteiger partial charge in [0.25, 0.3) is 5.91 Å². The van der Waals surface area contributed by atoms with Crippen LogP contribution in [0.1, 0.15) is 41.1 Å². The fourth-order valence-corrected chi connectivity index (χ4v) is 3.50. The number of furan rings is 1. The Balaban J connectivity index is 1.37. The molecule has 0 bridgehead atoms. The van der Waals surface area contributed by atoms with Gasteiger partial charge in [0.1, 0.15) is 5.76 Å². The minimum Gasteiger partial charge on any atom is -0.456 e. The molecule has 4 rings (SSSR count). The first kappa shape index (κ1) is 16.4. The molecule has 25 heavy (non-hydrogen) atoms. The largest absolute Gasteiger partial charge is 0.456 e. The predicted molar refractivity (Wildman–Crippen MR) is 92.3 cm³/mol. The van der Waals surface area contributed by atoms with Crippen LogP contribution in [-0.2, 0) is 15.9 Å². The van der Waals surface area contributed by atoms with Gasteiger partial charge in [0.15, 0.2) is 11.5 Å². The van der Waals surface area contributed by atoms with E-state index in [2.05, 4.69) is 12.1 Å². The molecule has 2 aliphatic heterocycles. The molecule has 2 aromatic rings. The maximum atomic E-state index is 12.7. The van der Waals surface area contributed by atoms with Gasteiger partial charge in [-0.1, -0.05) is 30.3 Å². The third-order valence-electron chi connectivity index (χ3n) is 4.92. The summed E-state index contributed by atoms with van der Waals surface area (Å²) in [5.74, 6) is 0.690. The molecule has 2 fully saturated rings. The molecule has 1 amide bonds. The van der Waals surface area contributed by atoms with E-state index in [9.17, 15) is 4.79 Å². The van der Waals surface area contributed by atoms with Crippen molar-refractivity contribution in [3.8, 4) is 0 Å². The van der Waals surface area contributed by atoms with Crippen LogP contribution in [0.15, 0.2) is 46.9 Å². The van der Waals surface area contributed by atoms with E-state index in [1.807, 2.05) is 29.2 Å². The number of hydrogen-bond acceptors (Lipinski definition) is 4. The summed E-state index contributed by atoms with van der Waals surface area (Å²) in [5, 5.41) is 0. The quantitative estimate of drug-likeness (QED) is 0.860. The fraction of sp³-hybridized carbons (Fsp3) is 0.450. The third kappa shape index (κ3) is 3.62. The zero-order chi connectivity index (χ0) is 17.1. The van der Waals surface area contributed by atoms with Crippen LogP contribution in [0.2, 0.25) is 0 Å². The zero-order valence-electron chi connectivity index (χ0n) is 14.3. The Morgan fingerprint density at radius 2 is 1.72 bits per heavy atom. The number of carbonyl (C=O) groups is 1. The number of nitrogens with zero attached hydrogens (tertiary/aromatic N) is 1. The smallest absolute Gasteiger partial charge is 0.289 e. The molecule has 2 aliphatic rings. The second-order valence-electron chi connectivity index (χ2n) is 6.68. The number of likely N-dealkylation sites (tertiary alicyclic amines) is 1. The highest BCUT2D eigenvalue weighted by atomic mass is 16.7. The lowest BCUT2D eigenvalue weighted by Gasteiger charge is -2.43. The molecule has 1 aromatic carbocycles. The molecule has 0 saturated carbocycles. The Kier molecular flexibility index (Phi) is 4.59. The summed E-state index contributed by atoms with van der Waals surface area (Å²) in [6.07, 6.45) is 3.08. The number of ether oxygens (including phenoxy) is 2. The van der Waals surface area contributed by atoms with Crippen molar-refractivity contribution in [3.63, 3.8) is 0 Å². The van der Waals surface area contributed by atoms with E-state index in [1.54, 1.807) is 6.07 Å². The van der Waals surface area contributed by atoms with E-state index in [0.717, 1.165) is 38.2 Å². The van der Waals surface area contributed by atoms with E-state index in [0.29, 0.717) is 25.3 Å². The first-order valence-corrected chi connectivity index (χ1v) is 8.94. The van der Waals surface area contributed by atoms with Gasteiger partial charge in [0.05, 0.1) is 13.2 Å². The normalized spacial score (nSPS) is 19.9. The molecule has 2 saturated heterocycles. The van der Waals surface area contributed by atoms with Crippen LogP contribution >= 0.6 is 0 Å². The Bertz CT molecular complexity index is 708. The molecular formula is C20H23NO4. The summed E-state index contributed by atoms with van der Waals surface area (Å²) in [4.78, 5) is 14.5. The highest BCUT2D eigenvalue weighted by Gasteiger charge is 2.39. The van der Waals surface area contributed by atoms with Gasteiger partial charge in [-0.25, -0.2) is 0 Å².